The van der Waals surface area contributed by atoms with Crippen LogP contribution in [0.2, 0.25) is 0 Å². The monoisotopic (exact) mass is 228 g/mol. The number of rotatable bonds is 5. The standard InChI is InChI=1S/C11H20N2O3/c1-7-3-5-12-9(7)10(14)13-6-4-8(2)11(15)16/h7-9,12H,3-6H2,1-2H3,(H,13,14)(H,15,16). The van der Waals surface area contributed by atoms with E-state index in [1.165, 1.54) is 0 Å². The Morgan fingerprint density at radius 1 is 1.56 bits per heavy atom. The van der Waals surface area contributed by atoms with Gasteiger partial charge in [-0.2, -0.15) is 0 Å². The highest BCUT2D eigenvalue weighted by molar-refractivity contribution is 5.82. The molecular formula is C11H20N2O3. The molecule has 0 aliphatic carbocycles. The predicted molar refractivity (Wildman–Crippen MR) is 60.0 cm³/mol. The average Bonchev–Trinajstić information content (AvgIpc) is 2.64. The zero-order chi connectivity index (χ0) is 12.1. The Bertz CT molecular complexity index is 268. The first-order valence-electron chi connectivity index (χ1n) is 5.76. The first-order valence-corrected chi connectivity index (χ1v) is 5.76. The van der Waals surface area contributed by atoms with Crippen LogP contribution in [0.4, 0.5) is 0 Å². The molecule has 0 aromatic heterocycles. The van der Waals surface area contributed by atoms with Gasteiger partial charge in [-0.1, -0.05) is 13.8 Å². The minimum Gasteiger partial charge on any atom is -0.481 e. The molecule has 0 saturated carbocycles. The molecule has 1 aliphatic heterocycles. The van der Waals surface area contributed by atoms with Crippen molar-refractivity contribution in [3.05, 3.63) is 0 Å². The maximum Gasteiger partial charge on any atom is 0.306 e. The third kappa shape index (κ3) is 3.48. The van der Waals surface area contributed by atoms with E-state index in [-0.39, 0.29) is 11.9 Å². The first kappa shape index (κ1) is 13.0. The second-order valence-corrected chi connectivity index (χ2v) is 4.52. The lowest BCUT2D eigenvalue weighted by atomic mass is 10.0. The molecule has 1 rings (SSSR count). The molecule has 0 spiro atoms. The lowest BCUT2D eigenvalue weighted by Gasteiger charge is -2.15. The normalized spacial score (nSPS) is 26.4. The number of aliphatic carboxylic acids is 1. The molecule has 3 atom stereocenters. The maximum absolute atomic E-state index is 11.7. The van der Waals surface area contributed by atoms with Gasteiger partial charge in [-0.3, -0.25) is 9.59 Å². The van der Waals surface area contributed by atoms with Crippen LogP contribution in [-0.4, -0.2) is 36.1 Å². The molecule has 1 fully saturated rings. The number of carboxylic acid groups (broad SMARTS) is 1. The molecule has 1 aliphatic rings. The summed E-state index contributed by atoms with van der Waals surface area (Å²) in [6.07, 6.45) is 1.49. The Labute approximate surface area is 95.6 Å². The van der Waals surface area contributed by atoms with Crippen LogP contribution in [0.25, 0.3) is 0 Å². The van der Waals surface area contributed by atoms with E-state index in [1.54, 1.807) is 6.92 Å². The number of carbonyl (C=O) groups is 2. The summed E-state index contributed by atoms with van der Waals surface area (Å²) in [7, 11) is 0. The summed E-state index contributed by atoms with van der Waals surface area (Å²) in [5, 5.41) is 14.6. The molecule has 92 valence electrons. The summed E-state index contributed by atoms with van der Waals surface area (Å²) in [5.74, 6) is -0.879. The van der Waals surface area contributed by atoms with Crippen molar-refractivity contribution in [3.8, 4) is 0 Å². The highest BCUT2D eigenvalue weighted by Gasteiger charge is 2.28. The maximum atomic E-state index is 11.7. The summed E-state index contributed by atoms with van der Waals surface area (Å²) < 4.78 is 0. The summed E-state index contributed by atoms with van der Waals surface area (Å²) in [6, 6.07) is -0.111. The summed E-state index contributed by atoms with van der Waals surface area (Å²) in [4.78, 5) is 22.2. The second kappa shape index (κ2) is 5.84. The fourth-order valence-corrected chi connectivity index (χ4v) is 1.83. The number of carboxylic acids is 1. The van der Waals surface area contributed by atoms with Gasteiger partial charge in [0, 0.05) is 6.54 Å². The fraction of sp³-hybridized carbons (Fsp3) is 0.818. The van der Waals surface area contributed by atoms with E-state index in [0.29, 0.717) is 18.9 Å². The number of nitrogens with one attached hydrogen (secondary N) is 2. The summed E-state index contributed by atoms with van der Waals surface area (Å²) in [6.45, 7) is 5.00. The highest BCUT2D eigenvalue weighted by atomic mass is 16.4. The van der Waals surface area contributed by atoms with Gasteiger partial charge in [0.1, 0.15) is 0 Å². The van der Waals surface area contributed by atoms with Gasteiger partial charge in [0.05, 0.1) is 12.0 Å². The van der Waals surface area contributed by atoms with E-state index in [0.717, 1.165) is 13.0 Å². The molecule has 0 bridgehead atoms. The van der Waals surface area contributed by atoms with Gasteiger partial charge in [-0.15, -0.1) is 0 Å². The molecule has 16 heavy (non-hydrogen) atoms. The Morgan fingerprint density at radius 2 is 2.25 bits per heavy atom. The Balaban J connectivity index is 2.22. The van der Waals surface area contributed by atoms with Gasteiger partial charge < -0.3 is 15.7 Å². The smallest absolute Gasteiger partial charge is 0.306 e. The van der Waals surface area contributed by atoms with Crippen molar-refractivity contribution in [1.29, 1.82) is 0 Å². The van der Waals surface area contributed by atoms with E-state index < -0.39 is 11.9 Å². The van der Waals surface area contributed by atoms with Crippen LogP contribution in [0.15, 0.2) is 0 Å². The largest absolute Gasteiger partial charge is 0.481 e. The first-order chi connectivity index (χ1) is 7.52. The number of carbonyl (C=O) groups excluding carboxylic acids is 1. The Hall–Kier alpha value is -1.10. The highest BCUT2D eigenvalue weighted by Crippen LogP contribution is 2.14. The van der Waals surface area contributed by atoms with Gasteiger partial charge in [-0.05, 0) is 25.3 Å². The van der Waals surface area contributed by atoms with Crippen LogP contribution in [0.3, 0.4) is 0 Å². The van der Waals surface area contributed by atoms with Crippen LogP contribution in [0, 0.1) is 11.8 Å². The fourth-order valence-electron chi connectivity index (χ4n) is 1.83. The molecule has 3 unspecified atom stereocenters. The third-order valence-electron chi connectivity index (χ3n) is 3.11. The molecule has 1 heterocycles. The van der Waals surface area contributed by atoms with Gasteiger partial charge >= 0.3 is 5.97 Å². The van der Waals surface area contributed by atoms with E-state index in [9.17, 15) is 9.59 Å². The lowest BCUT2D eigenvalue weighted by Crippen LogP contribution is -2.43. The molecule has 0 aromatic carbocycles. The summed E-state index contributed by atoms with van der Waals surface area (Å²) >= 11 is 0. The topological polar surface area (TPSA) is 78.4 Å². The van der Waals surface area contributed by atoms with Crippen LogP contribution < -0.4 is 10.6 Å². The molecule has 0 radical (unpaired) electrons. The van der Waals surface area contributed by atoms with Crippen LogP contribution in [0.1, 0.15) is 26.7 Å². The quantitative estimate of drug-likeness (QED) is 0.628. The van der Waals surface area contributed by atoms with Crippen LogP contribution in [0.5, 0.6) is 0 Å². The number of amides is 1. The molecule has 5 nitrogen and oxygen atoms in total. The van der Waals surface area contributed by atoms with Gasteiger partial charge in [0.15, 0.2) is 0 Å². The molecule has 0 aromatic rings. The Morgan fingerprint density at radius 3 is 2.75 bits per heavy atom. The number of hydrogen-bond donors (Lipinski definition) is 3. The van der Waals surface area contributed by atoms with Crippen molar-refractivity contribution < 1.29 is 14.7 Å². The lowest BCUT2D eigenvalue weighted by molar-refractivity contribution is -0.141. The van der Waals surface area contributed by atoms with Crippen molar-refractivity contribution in [1.82, 2.24) is 10.6 Å². The second-order valence-electron chi connectivity index (χ2n) is 4.52. The minimum absolute atomic E-state index is 0.0115. The SMILES string of the molecule is CC(CCNC(=O)C1NCCC1C)C(=O)O. The third-order valence-corrected chi connectivity index (χ3v) is 3.11. The molecule has 1 amide bonds. The van der Waals surface area contributed by atoms with Crippen molar-refractivity contribution >= 4 is 11.9 Å². The van der Waals surface area contributed by atoms with Crippen LogP contribution >= 0.6 is 0 Å². The molecular weight excluding hydrogens is 208 g/mol. The van der Waals surface area contributed by atoms with E-state index in [2.05, 4.69) is 10.6 Å². The van der Waals surface area contributed by atoms with Crippen molar-refractivity contribution in [2.24, 2.45) is 11.8 Å². The minimum atomic E-state index is -0.818. The van der Waals surface area contributed by atoms with Crippen molar-refractivity contribution in [2.45, 2.75) is 32.7 Å². The van der Waals surface area contributed by atoms with E-state index >= 15 is 0 Å². The Kier molecular flexibility index (Phi) is 4.73. The van der Waals surface area contributed by atoms with Crippen LogP contribution in [-0.2, 0) is 9.59 Å². The van der Waals surface area contributed by atoms with E-state index in [1.807, 2.05) is 6.92 Å². The van der Waals surface area contributed by atoms with Gasteiger partial charge in [-0.25, -0.2) is 0 Å². The zero-order valence-corrected chi connectivity index (χ0v) is 9.82. The van der Waals surface area contributed by atoms with Crippen molar-refractivity contribution in [3.63, 3.8) is 0 Å². The van der Waals surface area contributed by atoms with E-state index in [4.69, 9.17) is 5.11 Å². The zero-order valence-electron chi connectivity index (χ0n) is 9.82. The summed E-state index contributed by atoms with van der Waals surface area (Å²) in [5.41, 5.74) is 0. The molecule has 5 heteroatoms. The average molecular weight is 228 g/mol. The predicted octanol–water partition coefficient (Wildman–Crippen LogP) is 0.211. The van der Waals surface area contributed by atoms with Crippen molar-refractivity contribution in [2.75, 3.05) is 13.1 Å². The number of hydrogen-bond acceptors (Lipinski definition) is 3. The molecule has 1 saturated heterocycles. The molecule has 3 N–H and O–H groups in total. The van der Waals surface area contributed by atoms with Gasteiger partial charge in [0.25, 0.3) is 0 Å². The van der Waals surface area contributed by atoms with Gasteiger partial charge in [0.2, 0.25) is 5.91 Å².